The zero-order chi connectivity index (χ0) is 14.1. The average molecular weight is 304 g/mol. The Labute approximate surface area is 124 Å². The van der Waals surface area contributed by atoms with Crippen LogP contribution in [0, 0.1) is 20.8 Å². The second kappa shape index (κ2) is 5.29. The first-order valence-corrected chi connectivity index (χ1v) is 7.56. The van der Waals surface area contributed by atoms with Crippen LogP contribution in [-0.2, 0) is 0 Å². The molecule has 0 saturated heterocycles. The topological polar surface area (TPSA) is 69.4 Å². The Morgan fingerprint density at radius 3 is 2.70 bits per heavy atom. The van der Waals surface area contributed by atoms with Crippen molar-refractivity contribution in [3.8, 4) is 5.69 Å². The van der Waals surface area contributed by atoms with E-state index in [0.29, 0.717) is 5.16 Å². The summed E-state index contributed by atoms with van der Waals surface area (Å²) in [4.78, 5) is 4.31. The lowest BCUT2D eigenvalue weighted by Crippen LogP contribution is -1.99. The molecule has 0 saturated carbocycles. The highest BCUT2D eigenvalue weighted by Crippen LogP contribution is 2.28. The predicted molar refractivity (Wildman–Crippen MR) is 77.4 cm³/mol. The summed E-state index contributed by atoms with van der Waals surface area (Å²) < 4.78 is 6.71. The summed E-state index contributed by atoms with van der Waals surface area (Å²) in [6, 6.07) is 6.14. The molecule has 6 nitrogen and oxygen atoms in total. The number of rotatable bonds is 3. The van der Waals surface area contributed by atoms with E-state index in [1.807, 2.05) is 13.0 Å². The molecule has 0 atom stereocenters. The number of aromatic nitrogens is 6. The smallest absolute Gasteiger partial charge is 0.213 e. The van der Waals surface area contributed by atoms with Crippen LogP contribution in [0.1, 0.15) is 17.0 Å². The molecule has 3 aromatic rings. The van der Waals surface area contributed by atoms with Gasteiger partial charge in [0.15, 0.2) is 4.34 Å². The maximum atomic E-state index is 4.31. The Morgan fingerprint density at radius 1 is 1.15 bits per heavy atom. The third-order valence-corrected chi connectivity index (χ3v) is 4.64. The van der Waals surface area contributed by atoms with E-state index in [9.17, 15) is 0 Å². The van der Waals surface area contributed by atoms with Crippen molar-refractivity contribution in [3.63, 3.8) is 0 Å². The number of nitrogens with zero attached hydrogens (tertiary/aromatic N) is 6. The van der Waals surface area contributed by atoms with E-state index < -0.39 is 0 Å². The summed E-state index contributed by atoms with van der Waals surface area (Å²) >= 11 is 2.77. The number of benzene rings is 1. The Morgan fingerprint density at radius 2 is 2.00 bits per heavy atom. The molecule has 0 aliphatic carbocycles. The van der Waals surface area contributed by atoms with Gasteiger partial charge >= 0.3 is 0 Å². The number of aryl methyl sites for hydroxylation is 3. The first-order valence-electron chi connectivity index (χ1n) is 5.97. The highest BCUT2D eigenvalue weighted by Gasteiger charge is 2.13. The third kappa shape index (κ3) is 2.56. The quantitative estimate of drug-likeness (QED) is 0.741. The van der Waals surface area contributed by atoms with Gasteiger partial charge in [0.05, 0.1) is 5.69 Å². The minimum absolute atomic E-state index is 0.685. The van der Waals surface area contributed by atoms with E-state index in [4.69, 9.17) is 0 Å². The predicted octanol–water partition coefficient (Wildman–Crippen LogP) is 2.59. The van der Waals surface area contributed by atoms with Crippen molar-refractivity contribution in [1.29, 1.82) is 0 Å². The zero-order valence-electron chi connectivity index (χ0n) is 11.2. The summed E-state index contributed by atoms with van der Waals surface area (Å²) in [7, 11) is 0. The van der Waals surface area contributed by atoms with Crippen LogP contribution in [0.4, 0.5) is 0 Å². The minimum atomic E-state index is 0.685. The Bertz CT molecular complexity index is 748. The van der Waals surface area contributed by atoms with Gasteiger partial charge in [-0.2, -0.15) is 9.06 Å². The molecule has 0 aliphatic heterocycles. The van der Waals surface area contributed by atoms with Gasteiger partial charge in [-0.1, -0.05) is 6.07 Å². The van der Waals surface area contributed by atoms with Crippen LogP contribution in [0.3, 0.4) is 0 Å². The first kappa shape index (κ1) is 13.2. The summed E-state index contributed by atoms with van der Waals surface area (Å²) in [6.07, 6.45) is 0. The van der Waals surface area contributed by atoms with Gasteiger partial charge in [-0.3, -0.25) is 0 Å². The van der Waals surface area contributed by atoms with Crippen LogP contribution in [0.2, 0.25) is 0 Å². The van der Waals surface area contributed by atoms with Crippen molar-refractivity contribution in [2.45, 2.75) is 30.3 Å². The molecule has 3 rings (SSSR count). The lowest BCUT2D eigenvalue weighted by atomic mass is 10.1. The van der Waals surface area contributed by atoms with E-state index in [2.05, 4.69) is 50.9 Å². The minimum Gasteiger partial charge on any atom is -0.213 e. The Hall–Kier alpha value is -1.80. The van der Waals surface area contributed by atoms with Crippen LogP contribution in [0.15, 0.2) is 27.7 Å². The molecule has 0 aliphatic rings. The van der Waals surface area contributed by atoms with Gasteiger partial charge < -0.3 is 0 Å². The molecule has 0 unspecified atom stereocenters. The van der Waals surface area contributed by atoms with Gasteiger partial charge in [-0.25, -0.2) is 4.98 Å². The van der Waals surface area contributed by atoms with Gasteiger partial charge in [0.1, 0.15) is 5.82 Å². The van der Waals surface area contributed by atoms with Crippen LogP contribution < -0.4 is 0 Å². The van der Waals surface area contributed by atoms with Crippen molar-refractivity contribution in [2.24, 2.45) is 0 Å². The second-order valence-corrected chi connectivity index (χ2v) is 6.32. The van der Waals surface area contributed by atoms with Crippen LogP contribution in [-0.4, -0.2) is 29.6 Å². The van der Waals surface area contributed by atoms with Crippen LogP contribution >= 0.6 is 23.3 Å². The molecule has 0 spiro atoms. The molecule has 0 fully saturated rings. The SMILES string of the molecule is Cc1nsc(Sc2nnnn2-c2ccc(C)c(C)c2)n1. The van der Waals surface area contributed by atoms with Crippen LogP contribution in [0.5, 0.6) is 0 Å². The third-order valence-electron chi connectivity index (χ3n) is 2.86. The lowest BCUT2D eigenvalue weighted by molar-refractivity contribution is 0.755. The molecule has 8 heteroatoms. The number of hydrogen-bond acceptors (Lipinski definition) is 7. The summed E-state index contributed by atoms with van der Waals surface area (Å²) in [6.45, 7) is 6.02. The van der Waals surface area contributed by atoms with Gasteiger partial charge in [0.2, 0.25) is 5.16 Å². The molecule has 0 bridgehead atoms. The molecular formula is C12H12N6S2. The molecule has 20 heavy (non-hydrogen) atoms. The van der Waals surface area contributed by atoms with Crippen molar-refractivity contribution < 1.29 is 0 Å². The fourth-order valence-electron chi connectivity index (χ4n) is 1.66. The fourth-order valence-corrected chi connectivity index (χ4v) is 3.21. The van der Waals surface area contributed by atoms with E-state index in [1.54, 1.807) is 4.68 Å². The number of hydrogen-bond donors (Lipinski definition) is 0. The zero-order valence-corrected chi connectivity index (χ0v) is 12.9. The fraction of sp³-hybridized carbons (Fsp3) is 0.250. The number of tetrazole rings is 1. The maximum Gasteiger partial charge on any atom is 0.221 e. The van der Waals surface area contributed by atoms with Gasteiger partial charge in [0.25, 0.3) is 0 Å². The largest absolute Gasteiger partial charge is 0.221 e. The summed E-state index contributed by atoms with van der Waals surface area (Å²) in [5.74, 6) is 0.766. The maximum absolute atomic E-state index is 4.31. The Kier molecular flexibility index (Phi) is 3.49. The molecule has 102 valence electrons. The molecule has 2 heterocycles. The summed E-state index contributed by atoms with van der Waals surface area (Å²) in [5, 5.41) is 12.5. The average Bonchev–Trinajstić information content (AvgIpc) is 3.03. The van der Waals surface area contributed by atoms with E-state index >= 15 is 0 Å². The molecule has 0 radical (unpaired) electrons. The lowest BCUT2D eigenvalue weighted by Gasteiger charge is -2.05. The molecule has 1 aromatic carbocycles. The molecular weight excluding hydrogens is 292 g/mol. The molecule has 2 aromatic heterocycles. The van der Waals surface area contributed by atoms with E-state index in [1.165, 1.54) is 34.4 Å². The van der Waals surface area contributed by atoms with E-state index in [-0.39, 0.29) is 0 Å². The van der Waals surface area contributed by atoms with E-state index in [0.717, 1.165) is 15.9 Å². The van der Waals surface area contributed by atoms with Crippen molar-refractivity contribution in [1.82, 2.24) is 29.6 Å². The second-order valence-electron chi connectivity index (χ2n) is 4.35. The summed E-state index contributed by atoms with van der Waals surface area (Å²) in [5.41, 5.74) is 3.40. The Balaban J connectivity index is 1.95. The van der Waals surface area contributed by atoms with Crippen molar-refractivity contribution >= 4 is 23.3 Å². The van der Waals surface area contributed by atoms with Gasteiger partial charge in [0, 0.05) is 0 Å². The molecule has 0 amide bonds. The highest BCUT2D eigenvalue weighted by molar-refractivity contribution is 8.00. The monoisotopic (exact) mass is 304 g/mol. The van der Waals surface area contributed by atoms with Crippen LogP contribution in [0.25, 0.3) is 5.69 Å². The molecule has 0 N–H and O–H groups in total. The van der Waals surface area contributed by atoms with Crippen molar-refractivity contribution in [3.05, 3.63) is 35.2 Å². The van der Waals surface area contributed by atoms with Gasteiger partial charge in [-0.15, -0.1) is 5.10 Å². The standard InChI is InChI=1S/C12H12N6S2/c1-7-4-5-10(6-8(7)2)18-11(14-16-17-18)19-12-13-9(3)15-20-12/h4-6H,1-3H3. The normalized spacial score (nSPS) is 10.9. The first-order chi connectivity index (χ1) is 9.63. The van der Waals surface area contributed by atoms with Gasteiger partial charge in [-0.05, 0) is 77.8 Å². The highest BCUT2D eigenvalue weighted by atomic mass is 32.2. The van der Waals surface area contributed by atoms with Crippen molar-refractivity contribution in [2.75, 3.05) is 0 Å².